The molecule has 4 aromatic carbocycles. The Hall–Kier alpha value is -10.4. The molecule has 5 rings (SSSR count). The van der Waals surface area contributed by atoms with E-state index in [1.165, 1.54) is 30.0 Å². The van der Waals surface area contributed by atoms with E-state index in [0.717, 1.165) is 5.69 Å². The van der Waals surface area contributed by atoms with Crippen LogP contribution < -0.4 is 70.0 Å². The molecule has 0 radical (unpaired) electrons. The van der Waals surface area contributed by atoms with E-state index in [9.17, 15) is 78.9 Å². The molecule has 0 saturated carbocycles. The fraction of sp³-hybridized carbons (Fsp3) is 0.477. The summed E-state index contributed by atoms with van der Waals surface area (Å²) < 4.78 is 65.5. The molecule has 32 nitrogen and oxygen atoms in total. The molecule has 36 heteroatoms. The van der Waals surface area contributed by atoms with Crippen LogP contribution in [0.25, 0.3) is 10.8 Å². The minimum atomic E-state index is -5.08. The normalized spacial score (nSPS) is 14.3. The highest BCUT2D eigenvalue weighted by molar-refractivity contribution is 7.86. The van der Waals surface area contributed by atoms with E-state index in [1.54, 1.807) is 56.3 Å². The Labute approximate surface area is 581 Å². The van der Waals surface area contributed by atoms with Crippen LogP contribution in [0.2, 0.25) is 0 Å². The van der Waals surface area contributed by atoms with Crippen molar-refractivity contribution in [1.82, 2.24) is 47.4 Å². The molecule has 6 atom stereocenters. The fourth-order valence-corrected chi connectivity index (χ4v) is 10.8. The Bertz CT molecular complexity index is 3700. The number of carbonyl (C=O) groups excluding carboxylic acids is 11. The van der Waals surface area contributed by atoms with Gasteiger partial charge in [-0.3, -0.25) is 57.3 Å². The summed E-state index contributed by atoms with van der Waals surface area (Å²) in [5.74, 6) is -11.0. The zero-order valence-electron chi connectivity index (χ0n) is 56.5. The van der Waals surface area contributed by atoms with Gasteiger partial charge in [0, 0.05) is 87.2 Å². The van der Waals surface area contributed by atoms with Gasteiger partial charge >= 0.3 is 12.1 Å². The first-order valence-corrected chi connectivity index (χ1v) is 33.8. The minimum Gasteiger partial charge on any atom is -0.475 e. The maximum atomic E-state index is 14.2. The molecule has 1 aliphatic rings. The first-order chi connectivity index (χ1) is 47.6. The number of alkyl halides is 3. The molecule has 0 spiro atoms. The number of rotatable bonds is 38. The Morgan fingerprint density at radius 1 is 0.644 bits per heavy atom. The number of amides is 11. The molecule has 1 heterocycles. The molecule has 1 saturated heterocycles. The van der Waals surface area contributed by atoms with Crippen LogP contribution in [0.5, 0.6) is 0 Å². The standard InChI is InChI=1S/C63H88N16O14S.C2HF3O2/c1-38(2)36-50(62(89)74-49(61(88)71-39(3)58(85)73-47(57(66)84)14-6-7-31-64)28-30-54(81)68-34-33-67-46-15-8-13-45-44(46)12-9-17-52(45)94(91,92)93)72-55(82)37-70-60(87)48(27-29-53(65)80)75-63(90)51-16-11-35-79(51)56(83)18-10-32-69-59(86)40-19-21-41(22-20-40)76-77-42-23-25-43(26-24-42)78(4)5;3-2(4,5)1(6)7/h8-9,12-13,15,17,19-26,38-39,47-51,67H,6-7,10-11,14,16,18,27-37,64H2,1-5H3,(H2,65,80)(H2,66,84)(H,68,81)(H,69,86)(H,70,87)(H,71,88)(H,72,82)(H,73,85)(H,74,89)(H,75,90)(H,91,92,93);(H,6,7)/t39-,47-,48-,49-,50-,51-;/m0./s1. The Kier molecular flexibility index (Phi) is 33.4. The Morgan fingerprint density at radius 3 is 1.83 bits per heavy atom. The number of unbranched alkanes of at least 4 members (excludes halogenated alkanes) is 1. The number of primary amides is 2. The third-order valence-electron chi connectivity index (χ3n) is 15.4. The van der Waals surface area contributed by atoms with Gasteiger partial charge in [0.15, 0.2) is 0 Å². The molecule has 0 bridgehead atoms. The van der Waals surface area contributed by atoms with Crippen molar-refractivity contribution in [2.45, 2.75) is 145 Å². The number of azo groups is 1. The number of nitrogens with two attached hydrogens (primary N) is 3. The van der Waals surface area contributed by atoms with Crippen LogP contribution in [0.1, 0.15) is 108 Å². The number of fused-ring (bicyclic) bond motifs is 1. The number of hydrogen-bond donors (Lipinski definition) is 14. The second kappa shape index (κ2) is 40.6. The van der Waals surface area contributed by atoms with Gasteiger partial charge in [0.25, 0.3) is 16.0 Å². The summed E-state index contributed by atoms with van der Waals surface area (Å²) >= 11 is 0. The number of carboxylic acid groups (broad SMARTS) is 1. The van der Waals surface area contributed by atoms with Crippen molar-refractivity contribution in [3.63, 3.8) is 0 Å². The molecule has 4 aromatic rings. The summed E-state index contributed by atoms with van der Waals surface area (Å²) in [6.45, 7) is 4.99. The van der Waals surface area contributed by atoms with Crippen LogP contribution in [0, 0.1) is 5.92 Å². The molecular formula is C65H89F3N16O16S. The summed E-state index contributed by atoms with van der Waals surface area (Å²) in [6.07, 6.45) is -4.24. The van der Waals surface area contributed by atoms with Crippen LogP contribution in [0.4, 0.5) is 35.9 Å². The van der Waals surface area contributed by atoms with Crippen molar-refractivity contribution in [3.8, 4) is 0 Å². The quantitative estimate of drug-likeness (QED) is 0.0174. The highest BCUT2D eigenvalue weighted by Crippen LogP contribution is 2.29. The average Bonchev–Trinajstić information content (AvgIpc) is 1.35. The lowest BCUT2D eigenvalue weighted by Gasteiger charge is -2.27. The van der Waals surface area contributed by atoms with Crippen LogP contribution in [-0.2, 0) is 62.9 Å². The molecular weight excluding hydrogens is 1350 g/mol. The lowest BCUT2D eigenvalue weighted by Crippen LogP contribution is -2.58. The smallest absolute Gasteiger partial charge is 0.475 e. The average molecular weight is 1440 g/mol. The predicted molar refractivity (Wildman–Crippen MR) is 364 cm³/mol. The first-order valence-electron chi connectivity index (χ1n) is 32.3. The van der Waals surface area contributed by atoms with Crippen molar-refractivity contribution in [1.29, 1.82) is 0 Å². The highest BCUT2D eigenvalue weighted by atomic mass is 32.2. The Balaban J connectivity index is 0.00000293. The summed E-state index contributed by atoms with van der Waals surface area (Å²) in [4.78, 5) is 158. The zero-order valence-corrected chi connectivity index (χ0v) is 57.3. The van der Waals surface area contributed by atoms with E-state index >= 15 is 0 Å². The third kappa shape index (κ3) is 28.8. The van der Waals surface area contributed by atoms with Crippen LogP contribution in [0.3, 0.4) is 0 Å². The van der Waals surface area contributed by atoms with E-state index in [1.807, 2.05) is 43.3 Å². The van der Waals surface area contributed by atoms with Gasteiger partial charge in [0.1, 0.15) is 41.1 Å². The Morgan fingerprint density at radius 2 is 1.24 bits per heavy atom. The third-order valence-corrected chi connectivity index (χ3v) is 16.3. The number of aliphatic carboxylic acids is 1. The van der Waals surface area contributed by atoms with Crippen molar-refractivity contribution in [3.05, 3.63) is 90.5 Å². The predicted octanol–water partition coefficient (Wildman–Crippen LogP) is 2.20. The highest BCUT2D eigenvalue weighted by Gasteiger charge is 2.39. The van der Waals surface area contributed by atoms with Gasteiger partial charge in [-0.25, -0.2) is 4.79 Å². The molecule has 101 heavy (non-hydrogen) atoms. The second-order valence-electron chi connectivity index (χ2n) is 24.1. The van der Waals surface area contributed by atoms with E-state index in [4.69, 9.17) is 27.1 Å². The summed E-state index contributed by atoms with van der Waals surface area (Å²) in [5.41, 5.74) is 19.6. The van der Waals surface area contributed by atoms with Gasteiger partial charge in [0.2, 0.25) is 59.1 Å². The fourth-order valence-electron chi connectivity index (χ4n) is 10.1. The maximum Gasteiger partial charge on any atom is 0.490 e. The van der Waals surface area contributed by atoms with Crippen molar-refractivity contribution in [2.24, 2.45) is 33.3 Å². The number of nitrogens with zero attached hydrogens (tertiary/aromatic N) is 4. The number of carboxylic acids is 1. The molecule has 0 aromatic heterocycles. The van der Waals surface area contributed by atoms with Crippen molar-refractivity contribution < 1.29 is 88.8 Å². The van der Waals surface area contributed by atoms with E-state index in [0.29, 0.717) is 53.8 Å². The van der Waals surface area contributed by atoms with Gasteiger partial charge in [-0.1, -0.05) is 38.1 Å². The summed E-state index contributed by atoms with van der Waals surface area (Å²) in [6, 6.07) is 15.6. The van der Waals surface area contributed by atoms with Gasteiger partial charge < -0.3 is 80.0 Å². The maximum absolute atomic E-state index is 14.2. The summed E-state index contributed by atoms with van der Waals surface area (Å²) in [5, 5.41) is 40.1. The minimum absolute atomic E-state index is 0.000990. The molecule has 17 N–H and O–H groups in total. The van der Waals surface area contributed by atoms with E-state index in [-0.39, 0.29) is 112 Å². The van der Waals surface area contributed by atoms with Gasteiger partial charge in [0.05, 0.1) is 17.9 Å². The SMILES string of the molecule is CC(C)C[C@H](NC(=O)CNC(=O)[C@H](CCC(N)=O)NC(=O)[C@@H]1CCCN1C(=O)CCCNC(=O)c1ccc(N=Nc2ccc(N(C)C)cc2)cc1)C(=O)N[C@@H](CCC(=O)NCCNc1cccc2c(S(=O)(=O)O)cccc12)C(=O)N[C@@H](C)C(=O)N[C@@H](CCCCN)C(N)=O.O=C(O)C(F)(F)F. The summed E-state index contributed by atoms with van der Waals surface area (Å²) in [7, 11) is -0.661. The van der Waals surface area contributed by atoms with E-state index in [2.05, 4.69) is 58.1 Å². The number of carbonyl (C=O) groups is 12. The zero-order chi connectivity index (χ0) is 75.1. The molecule has 1 aliphatic heterocycles. The number of hydrogen-bond acceptors (Lipinski definition) is 19. The molecule has 552 valence electrons. The molecule has 0 unspecified atom stereocenters. The number of nitrogens with one attached hydrogen (secondary N) is 9. The van der Waals surface area contributed by atoms with Crippen LogP contribution >= 0.6 is 0 Å². The molecule has 1 fully saturated rings. The van der Waals surface area contributed by atoms with Crippen molar-refractivity contribution >= 4 is 115 Å². The van der Waals surface area contributed by atoms with Gasteiger partial charge in [-0.15, -0.1) is 0 Å². The number of anilines is 2. The number of halogens is 3. The first kappa shape index (κ1) is 83.1. The lowest BCUT2D eigenvalue weighted by atomic mass is 10.0. The van der Waals surface area contributed by atoms with Crippen molar-refractivity contribution in [2.75, 3.05) is 63.6 Å². The second-order valence-corrected chi connectivity index (χ2v) is 25.5. The van der Waals surface area contributed by atoms with Gasteiger partial charge in [-0.05, 0) is 138 Å². The number of benzene rings is 4. The van der Waals surface area contributed by atoms with Crippen LogP contribution in [-0.4, -0.2) is 190 Å². The topological polar surface area (TPSA) is 497 Å². The van der Waals surface area contributed by atoms with Crippen LogP contribution in [0.15, 0.2) is 100 Å². The molecule has 11 amide bonds. The monoisotopic (exact) mass is 1440 g/mol. The lowest BCUT2D eigenvalue weighted by molar-refractivity contribution is -0.192. The molecule has 0 aliphatic carbocycles. The van der Waals surface area contributed by atoms with Gasteiger partial charge in [-0.2, -0.15) is 31.8 Å². The largest absolute Gasteiger partial charge is 0.490 e. The van der Waals surface area contributed by atoms with E-state index < -0.39 is 118 Å². The number of likely N-dealkylation sites (tertiary alicyclic amines) is 1.